The first-order valence-electron chi connectivity index (χ1n) is 6.44. The number of benzene rings is 1. The molecule has 0 atom stereocenters. The van der Waals surface area contributed by atoms with Crippen LogP contribution in [0, 0.1) is 0 Å². The summed E-state index contributed by atoms with van der Waals surface area (Å²) in [7, 11) is 0. The van der Waals surface area contributed by atoms with Crippen LogP contribution in [0.1, 0.15) is 14.5 Å². The third-order valence-electron chi connectivity index (χ3n) is 3.09. The summed E-state index contributed by atoms with van der Waals surface area (Å²) in [5.41, 5.74) is 3.21. The summed E-state index contributed by atoms with van der Waals surface area (Å²) in [6, 6.07) is 13.7. The van der Waals surface area contributed by atoms with Crippen LogP contribution in [0.25, 0.3) is 11.4 Å². The average molecular weight is 298 g/mol. The Bertz CT molecular complexity index is 748. The zero-order valence-electron chi connectivity index (χ0n) is 11.2. The maximum atomic E-state index is 11.5. The second-order valence-electron chi connectivity index (χ2n) is 4.48. The molecule has 3 aromatic rings. The van der Waals surface area contributed by atoms with Crippen molar-refractivity contribution in [2.75, 3.05) is 0 Å². The van der Waals surface area contributed by atoms with Crippen molar-refractivity contribution < 1.29 is 4.79 Å². The smallest absolute Gasteiger partial charge is 0.275 e. The van der Waals surface area contributed by atoms with E-state index in [-0.39, 0.29) is 5.91 Å². The summed E-state index contributed by atoms with van der Waals surface area (Å²) in [6.07, 6.45) is 3.72. The monoisotopic (exact) mass is 298 g/mol. The minimum Gasteiger partial charge on any atom is -0.326 e. The summed E-state index contributed by atoms with van der Waals surface area (Å²) in [5.74, 6) is 5.79. The predicted molar refractivity (Wildman–Crippen MR) is 82.7 cm³/mol. The van der Waals surface area contributed by atoms with Crippen LogP contribution in [0.5, 0.6) is 0 Å². The summed E-state index contributed by atoms with van der Waals surface area (Å²) < 4.78 is 2.06. The molecule has 0 unspecified atom stereocenters. The number of aromatic nitrogens is 2. The number of carbonyl (C=O) groups is 1. The van der Waals surface area contributed by atoms with Crippen LogP contribution < -0.4 is 11.3 Å². The highest BCUT2D eigenvalue weighted by Crippen LogP contribution is 2.21. The minimum absolute atomic E-state index is 0.264. The number of imidazole rings is 1. The minimum atomic E-state index is -0.264. The molecule has 0 saturated carbocycles. The number of carbonyl (C=O) groups excluding carboxylic acids is 1. The van der Waals surface area contributed by atoms with E-state index in [1.165, 1.54) is 11.3 Å². The molecule has 2 aromatic heterocycles. The lowest BCUT2D eigenvalue weighted by Gasteiger charge is -2.06. The standard InChI is InChI=1S/C15H14N4OS/c16-18-15(20)13-7-6-12(21-13)10-19-9-8-17-14(19)11-4-2-1-3-5-11/h1-9H,10,16H2,(H,18,20). The fourth-order valence-electron chi connectivity index (χ4n) is 2.11. The van der Waals surface area contributed by atoms with E-state index in [2.05, 4.69) is 15.0 Å². The highest BCUT2D eigenvalue weighted by Gasteiger charge is 2.10. The molecule has 21 heavy (non-hydrogen) atoms. The number of nitrogens with one attached hydrogen (secondary N) is 1. The van der Waals surface area contributed by atoms with Gasteiger partial charge in [0.1, 0.15) is 5.82 Å². The Balaban J connectivity index is 1.85. The van der Waals surface area contributed by atoms with E-state index < -0.39 is 0 Å². The van der Waals surface area contributed by atoms with Gasteiger partial charge in [-0.25, -0.2) is 10.8 Å². The van der Waals surface area contributed by atoms with E-state index >= 15 is 0 Å². The molecular weight excluding hydrogens is 284 g/mol. The van der Waals surface area contributed by atoms with Gasteiger partial charge in [0.2, 0.25) is 0 Å². The molecule has 3 rings (SSSR count). The first-order valence-corrected chi connectivity index (χ1v) is 7.26. The number of rotatable bonds is 4. The Morgan fingerprint density at radius 1 is 1.24 bits per heavy atom. The molecule has 3 N–H and O–H groups in total. The molecule has 0 saturated heterocycles. The van der Waals surface area contributed by atoms with Crippen LogP contribution in [0.3, 0.4) is 0 Å². The Labute approximate surface area is 126 Å². The van der Waals surface area contributed by atoms with Gasteiger partial charge < -0.3 is 4.57 Å². The topological polar surface area (TPSA) is 72.9 Å². The molecule has 1 aromatic carbocycles. The van der Waals surface area contributed by atoms with Crippen LogP contribution in [0.2, 0.25) is 0 Å². The summed E-state index contributed by atoms with van der Waals surface area (Å²) in [5, 5.41) is 0. The SMILES string of the molecule is NNC(=O)c1ccc(Cn2ccnc2-c2ccccc2)s1. The molecule has 0 bridgehead atoms. The van der Waals surface area contributed by atoms with Gasteiger partial charge in [0.25, 0.3) is 5.91 Å². The molecule has 0 radical (unpaired) electrons. The number of hydrogen-bond donors (Lipinski definition) is 2. The van der Waals surface area contributed by atoms with E-state index in [0.29, 0.717) is 11.4 Å². The molecule has 5 nitrogen and oxygen atoms in total. The van der Waals surface area contributed by atoms with Crippen molar-refractivity contribution in [3.8, 4) is 11.4 Å². The maximum Gasteiger partial charge on any atom is 0.275 e. The number of hydrazine groups is 1. The summed E-state index contributed by atoms with van der Waals surface area (Å²) in [6.45, 7) is 0.673. The lowest BCUT2D eigenvalue weighted by molar-refractivity contribution is 0.0957. The Morgan fingerprint density at radius 3 is 2.81 bits per heavy atom. The molecule has 0 fully saturated rings. The lowest BCUT2D eigenvalue weighted by atomic mass is 10.2. The quantitative estimate of drug-likeness (QED) is 0.441. The third-order valence-corrected chi connectivity index (χ3v) is 4.16. The van der Waals surface area contributed by atoms with Gasteiger partial charge in [0.15, 0.2) is 0 Å². The van der Waals surface area contributed by atoms with Crippen molar-refractivity contribution in [2.24, 2.45) is 5.84 Å². The number of nitrogens with two attached hydrogens (primary N) is 1. The lowest BCUT2D eigenvalue weighted by Crippen LogP contribution is -2.29. The fourth-order valence-corrected chi connectivity index (χ4v) is 3.02. The second-order valence-corrected chi connectivity index (χ2v) is 5.65. The van der Waals surface area contributed by atoms with E-state index in [4.69, 9.17) is 5.84 Å². The van der Waals surface area contributed by atoms with Crippen molar-refractivity contribution in [2.45, 2.75) is 6.54 Å². The Kier molecular flexibility index (Phi) is 3.81. The molecule has 0 aliphatic carbocycles. The molecule has 0 spiro atoms. The second kappa shape index (κ2) is 5.90. The summed E-state index contributed by atoms with van der Waals surface area (Å²) in [4.78, 5) is 17.6. The first-order chi connectivity index (χ1) is 10.3. The van der Waals surface area contributed by atoms with Crippen LogP contribution in [-0.4, -0.2) is 15.5 Å². The maximum absolute atomic E-state index is 11.5. The van der Waals surface area contributed by atoms with Gasteiger partial charge in [-0.05, 0) is 12.1 Å². The average Bonchev–Trinajstić information content (AvgIpc) is 3.17. The number of hydrogen-bond acceptors (Lipinski definition) is 4. The fraction of sp³-hybridized carbons (Fsp3) is 0.0667. The van der Waals surface area contributed by atoms with Gasteiger partial charge in [-0.1, -0.05) is 30.3 Å². The molecule has 6 heteroatoms. The molecular formula is C15H14N4OS. The van der Waals surface area contributed by atoms with Gasteiger partial charge in [0, 0.05) is 22.8 Å². The number of nitrogen functional groups attached to an aromatic ring is 1. The van der Waals surface area contributed by atoms with Crippen LogP contribution in [0.4, 0.5) is 0 Å². The Hall–Kier alpha value is -2.44. The zero-order valence-corrected chi connectivity index (χ0v) is 12.0. The van der Waals surface area contributed by atoms with Crippen molar-refractivity contribution in [1.29, 1.82) is 0 Å². The van der Waals surface area contributed by atoms with Crippen LogP contribution in [0.15, 0.2) is 54.9 Å². The third kappa shape index (κ3) is 2.86. The predicted octanol–water partition coefficient (Wildman–Crippen LogP) is 2.26. The molecule has 1 amide bonds. The van der Waals surface area contributed by atoms with Crippen molar-refractivity contribution in [3.63, 3.8) is 0 Å². The van der Waals surface area contributed by atoms with Crippen LogP contribution in [-0.2, 0) is 6.54 Å². The van der Waals surface area contributed by atoms with E-state index in [1.807, 2.05) is 42.6 Å². The van der Waals surface area contributed by atoms with E-state index in [0.717, 1.165) is 16.3 Å². The molecule has 0 aliphatic heterocycles. The largest absolute Gasteiger partial charge is 0.326 e. The molecule has 2 heterocycles. The van der Waals surface area contributed by atoms with Crippen molar-refractivity contribution >= 4 is 17.2 Å². The summed E-state index contributed by atoms with van der Waals surface area (Å²) >= 11 is 1.43. The highest BCUT2D eigenvalue weighted by molar-refractivity contribution is 7.14. The van der Waals surface area contributed by atoms with Crippen molar-refractivity contribution in [3.05, 3.63) is 64.6 Å². The normalized spacial score (nSPS) is 10.5. The van der Waals surface area contributed by atoms with Gasteiger partial charge in [-0.2, -0.15) is 0 Å². The van der Waals surface area contributed by atoms with Gasteiger partial charge in [0.05, 0.1) is 11.4 Å². The first kappa shape index (κ1) is 13.5. The zero-order chi connectivity index (χ0) is 14.7. The Morgan fingerprint density at radius 2 is 2.05 bits per heavy atom. The number of amides is 1. The number of nitrogens with zero attached hydrogens (tertiary/aromatic N) is 2. The van der Waals surface area contributed by atoms with Gasteiger partial charge >= 0.3 is 0 Å². The number of thiophene rings is 1. The highest BCUT2D eigenvalue weighted by atomic mass is 32.1. The van der Waals surface area contributed by atoms with Crippen molar-refractivity contribution in [1.82, 2.24) is 15.0 Å². The van der Waals surface area contributed by atoms with Crippen LogP contribution >= 0.6 is 11.3 Å². The van der Waals surface area contributed by atoms with E-state index in [9.17, 15) is 4.79 Å². The van der Waals surface area contributed by atoms with E-state index in [1.54, 1.807) is 12.3 Å². The molecule has 0 aliphatic rings. The van der Waals surface area contributed by atoms with Gasteiger partial charge in [-0.3, -0.25) is 10.2 Å². The van der Waals surface area contributed by atoms with Gasteiger partial charge in [-0.15, -0.1) is 11.3 Å². The molecule has 106 valence electrons.